The normalized spacial score (nSPS) is 10.2. The predicted octanol–water partition coefficient (Wildman–Crippen LogP) is 2.91. The average molecular weight is 326 g/mol. The third kappa shape index (κ3) is 2.97. The van der Waals surface area contributed by atoms with Crippen LogP contribution in [0, 0.1) is 17.0 Å². The second-order valence-electron chi connectivity index (χ2n) is 3.65. The number of amides is 1. The maximum Gasteiger partial charge on any atom is 0.290 e. The van der Waals surface area contributed by atoms with Crippen molar-refractivity contribution in [3.8, 4) is 0 Å². The fourth-order valence-electron chi connectivity index (χ4n) is 1.43. The summed E-state index contributed by atoms with van der Waals surface area (Å²) in [6, 6.07) is 4.18. The van der Waals surface area contributed by atoms with Gasteiger partial charge in [0.05, 0.1) is 10.5 Å². The number of furan rings is 1. The number of hydrogen-bond acceptors (Lipinski definition) is 5. The van der Waals surface area contributed by atoms with Crippen LogP contribution in [0.2, 0.25) is 0 Å². The van der Waals surface area contributed by atoms with Crippen LogP contribution in [0.1, 0.15) is 16.1 Å². The lowest BCUT2D eigenvalue weighted by molar-refractivity contribution is -0.385. The molecule has 1 amide bonds. The van der Waals surface area contributed by atoms with Gasteiger partial charge in [0.2, 0.25) is 0 Å². The minimum absolute atomic E-state index is 0.0935. The van der Waals surface area contributed by atoms with E-state index in [1.165, 1.54) is 31.4 Å². The first-order chi connectivity index (χ1) is 8.97. The van der Waals surface area contributed by atoms with Gasteiger partial charge in [-0.25, -0.2) is 4.98 Å². The molecular formula is C11H8BrN3O4. The van der Waals surface area contributed by atoms with E-state index < -0.39 is 10.8 Å². The molecule has 19 heavy (non-hydrogen) atoms. The van der Waals surface area contributed by atoms with Crippen LogP contribution in [0.25, 0.3) is 0 Å². The summed E-state index contributed by atoms with van der Waals surface area (Å²) >= 11 is 3.09. The minimum atomic E-state index is -0.527. The molecule has 0 fully saturated rings. The van der Waals surface area contributed by atoms with Crippen molar-refractivity contribution in [2.45, 2.75) is 6.92 Å². The van der Waals surface area contributed by atoms with Gasteiger partial charge in [0, 0.05) is 12.1 Å². The van der Waals surface area contributed by atoms with Gasteiger partial charge in [-0.3, -0.25) is 14.9 Å². The molecule has 2 rings (SSSR count). The molecule has 0 spiro atoms. The third-order valence-corrected chi connectivity index (χ3v) is 2.74. The Balaban J connectivity index is 2.18. The van der Waals surface area contributed by atoms with Crippen LogP contribution in [0.15, 0.2) is 33.5 Å². The number of carbonyl (C=O) groups excluding carboxylic acids is 1. The number of hydrogen-bond donors (Lipinski definition) is 1. The summed E-state index contributed by atoms with van der Waals surface area (Å²) in [5, 5.41) is 13.2. The number of carbonyl (C=O) groups is 1. The largest absolute Gasteiger partial charge is 0.457 e. The van der Waals surface area contributed by atoms with Crippen molar-refractivity contribution < 1.29 is 14.1 Å². The molecule has 0 saturated heterocycles. The first-order valence-corrected chi connectivity index (χ1v) is 5.94. The molecule has 2 aromatic rings. The van der Waals surface area contributed by atoms with Gasteiger partial charge in [0.1, 0.15) is 17.8 Å². The number of rotatable bonds is 3. The molecule has 1 N–H and O–H groups in total. The van der Waals surface area contributed by atoms with E-state index in [1.54, 1.807) is 0 Å². The fraction of sp³-hybridized carbons (Fsp3) is 0.0909. The SMILES string of the molecule is Cc1nc(NC(=O)c2coc(Br)c2)ccc1[N+](=O)[O-]. The predicted molar refractivity (Wildman–Crippen MR) is 70.0 cm³/mol. The van der Waals surface area contributed by atoms with Gasteiger partial charge >= 0.3 is 0 Å². The summed E-state index contributed by atoms with van der Waals surface area (Å²) in [6.07, 6.45) is 1.29. The highest BCUT2D eigenvalue weighted by Gasteiger charge is 2.14. The van der Waals surface area contributed by atoms with Crippen LogP contribution < -0.4 is 5.32 Å². The molecule has 0 radical (unpaired) electrons. The average Bonchev–Trinajstić information content (AvgIpc) is 2.75. The van der Waals surface area contributed by atoms with Crippen LogP contribution in [0.3, 0.4) is 0 Å². The van der Waals surface area contributed by atoms with Crippen molar-refractivity contribution in [3.05, 3.63) is 50.5 Å². The van der Waals surface area contributed by atoms with Gasteiger partial charge in [-0.05, 0) is 28.9 Å². The summed E-state index contributed by atoms with van der Waals surface area (Å²) in [5.41, 5.74) is 0.463. The standard InChI is InChI=1S/C11H8BrN3O4/c1-6-8(15(17)18)2-3-10(13-6)14-11(16)7-4-9(12)19-5-7/h2-5H,1H3,(H,13,14,16). The Labute approximate surface area is 115 Å². The zero-order valence-electron chi connectivity index (χ0n) is 9.71. The van der Waals surface area contributed by atoms with Crippen LogP contribution in [0.4, 0.5) is 11.5 Å². The minimum Gasteiger partial charge on any atom is -0.457 e. The number of pyridine rings is 1. The van der Waals surface area contributed by atoms with Crippen molar-refractivity contribution in [1.82, 2.24) is 4.98 Å². The number of anilines is 1. The number of aromatic nitrogens is 1. The molecule has 0 saturated carbocycles. The molecule has 7 nitrogen and oxygen atoms in total. The Morgan fingerprint density at radius 2 is 2.26 bits per heavy atom. The Hall–Kier alpha value is -2.22. The van der Waals surface area contributed by atoms with E-state index in [1.807, 2.05) is 0 Å². The fourth-order valence-corrected chi connectivity index (χ4v) is 1.77. The number of nitrogens with zero attached hydrogens (tertiary/aromatic N) is 2. The Kier molecular flexibility index (Phi) is 3.61. The van der Waals surface area contributed by atoms with Gasteiger partial charge < -0.3 is 9.73 Å². The summed E-state index contributed by atoms with van der Waals surface area (Å²) in [7, 11) is 0. The number of aryl methyl sites for hydroxylation is 1. The molecule has 8 heteroatoms. The van der Waals surface area contributed by atoms with E-state index in [9.17, 15) is 14.9 Å². The van der Waals surface area contributed by atoms with Gasteiger partial charge in [-0.1, -0.05) is 0 Å². The van der Waals surface area contributed by atoms with Gasteiger partial charge in [0.25, 0.3) is 11.6 Å². The third-order valence-electron chi connectivity index (χ3n) is 2.33. The Morgan fingerprint density at radius 3 is 2.79 bits per heavy atom. The molecule has 0 bridgehead atoms. The first kappa shape index (κ1) is 13.2. The number of nitrogens with one attached hydrogen (secondary N) is 1. The summed E-state index contributed by atoms with van der Waals surface area (Å²) < 4.78 is 5.38. The molecular weight excluding hydrogens is 318 g/mol. The zero-order valence-corrected chi connectivity index (χ0v) is 11.3. The molecule has 0 aliphatic carbocycles. The second kappa shape index (κ2) is 5.19. The Bertz CT molecular complexity index is 653. The van der Waals surface area contributed by atoms with E-state index in [4.69, 9.17) is 4.42 Å². The maximum absolute atomic E-state index is 11.8. The van der Waals surface area contributed by atoms with Crippen LogP contribution >= 0.6 is 15.9 Å². The molecule has 2 heterocycles. The lowest BCUT2D eigenvalue weighted by atomic mass is 10.3. The highest BCUT2D eigenvalue weighted by Crippen LogP contribution is 2.19. The lowest BCUT2D eigenvalue weighted by Crippen LogP contribution is -2.12. The van der Waals surface area contributed by atoms with E-state index >= 15 is 0 Å². The van der Waals surface area contributed by atoms with Gasteiger partial charge in [-0.15, -0.1) is 0 Å². The second-order valence-corrected chi connectivity index (χ2v) is 4.43. The highest BCUT2D eigenvalue weighted by molar-refractivity contribution is 9.10. The van der Waals surface area contributed by atoms with Crippen LogP contribution in [-0.2, 0) is 0 Å². The van der Waals surface area contributed by atoms with Crippen molar-refractivity contribution in [1.29, 1.82) is 0 Å². The Morgan fingerprint density at radius 1 is 1.53 bits per heavy atom. The molecule has 0 aliphatic heterocycles. The number of nitro groups is 1. The van der Waals surface area contributed by atoms with Crippen LogP contribution in [-0.4, -0.2) is 15.8 Å². The highest BCUT2D eigenvalue weighted by atomic mass is 79.9. The zero-order chi connectivity index (χ0) is 14.0. The monoisotopic (exact) mass is 325 g/mol. The summed E-state index contributed by atoms with van der Waals surface area (Å²) in [4.78, 5) is 25.9. The maximum atomic E-state index is 11.8. The molecule has 0 aromatic carbocycles. The molecule has 2 aromatic heterocycles. The van der Waals surface area contributed by atoms with Crippen molar-refractivity contribution in [3.63, 3.8) is 0 Å². The van der Waals surface area contributed by atoms with Crippen molar-refractivity contribution in [2.75, 3.05) is 5.32 Å². The summed E-state index contributed by atoms with van der Waals surface area (Å²) in [6.45, 7) is 1.50. The quantitative estimate of drug-likeness (QED) is 0.691. The summed E-state index contributed by atoms with van der Waals surface area (Å²) in [5.74, 6) is -0.166. The van der Waals surface area contributed by atoms with Crippen LogP contribution in [0.5, 0.6) is 0 Å². The van der Waals surface area contributed by atoms with Gasteiger partial charge in [0.15, 0.2) is 4.67 Å². The molecule has 98 valence electrons. The molecule has 0 aliphatic rings. The van der Waals surface area contributed by atoms with E-state index in [2.05, 4.69) is 26.2 Å². The lowest BCUT2D eigenvalue weighted by Gasteiger charge is -2.03. The van der Waals surface area contributed by atoms with Crippen molar-refractivity contribution in [2.24, 2.45) is 0 Å². The van der Waals surface area contributed by atoms with E-state index in [0.29, 0.717) is 10.2 Å². The van der Waals surface area contributed by atoms with E-state index in [0.717, 1.165) is 0 Å². The molecule has 0 atom stereocenters. The first-order valence-electron chi connectivity index (χ1n) is 5.15. The topological polar surface area (TPSA) is 98.3 Å². The van der Waals surface area contributed by atoms with Crippen molar-refractivity contribution >= 4 is 33.3 Å². The van der Waals surface area contributed by atoms with Gasteiger partial charge in [-0.2, -0.15) is 0 Å². The smallest absolute Gasteiger partial charge is 0.290 e. The van der Waals surface area contributed by atoms with E-state index in [-0.39, 0.29) is 17.2 Å². The molecule has 0 unspecified atom stereocenters. The number of halogens is 1.